The van der Waals surface area contributed by atoms with E-state index >= 15 is 0 Å². The molecule has 208 valence electrons. The molecule has 6 nitrogen and oxygen atoms in total. The molecule has 2 saturated heterocycles. The number of ether oxygens (including phenoxy) is 3. The second-order valence-electron chi connectivity index (χ2n) is 11.1. The van der Waals surface area contributed by atoms with Crippen LogP contribution in [0, 0.1) is 11.7 Å². The zero-order chi connectivity index (χ0) is 26.9. The molecule has 38 heavy (non-hydrogen) atoms. The topological polar surface area (TPSA) is 51.2 Å². The number of amides is 1. The second-order valence-corrected chi connectivity index (χ2v) is 11.1. The number of likely N-dealkylation sites (tertiary alicyclic amines) is 1. The Morgan fingerprint density at radius 1 is 1.00 bits per heavy atom. The lowest BCUT2D eigenvalue weighted by Gasteiger charge is -2.41. The van der Waals surface area contributed by atoms with Crippen LogP contribution in [0.2, 0.25) is 0 Å². The van der Waals surface area contributed by atoms with Gasteiger partial charge in [0.15, 0.2) is 6.29 Å². The molecule has 2 aliphatic heterocycles. The van der Waals surface area contributed by atoms with Gasteiger partial charge in [-0.25, -0.2) is 4.39 Å². The van der Waals surface area contributed by atoms with Crippen LogP contribution in [0.4, 0.5) is 4.39 Å². The van der Waals surface area contributed by atoms with Gasteiger partial charge in [-0.3, -0.25) is 4.79 Å². The summed E-state index contributed by atoms with van der Waals surface area (Å²) in [6, 6.07) is 14.8. The average Bonchev–Trinajstić information content (AvgIpc) is 2.93. The number of carbonyl (C=O) groups is 1. The highest BCUT2D eigenvalue weighted by Crippen LogP contribution is 2.24. The van der Waals surface area contributed by atoms with Gasteiger partial charge < -0.3 is 24.0 Å². The average molecular weight is 527 g/mol. The van der Waals surface area contributed by atoms with Crippen molar-refractivity contribution < 1.29 is 23.4 Å². The quantitative estimate of drug-likeness (QED) is 0.390. The summed E-state index contributed by atoms with van der Waals surface area (Å²) in [5.74, 6) is 1.11. The lowest BCUT2D eigenvalue weighted by atomic mass is 9.99. The Hall–Kier alpha value is -2.48. The molecule has 0 bridgehead atoms. The first-order valence-corrected chi connectivity index (χ1v) is 14.1. The molecule has 7 heteroatoms. The molecule has 2 aliphatic rings. The van der Waals surface area contributed by atoms with Crippen molar-refractivity contribution in [2.24, 2.45) is 5.92 Å². The van der Waals surface area contributed by atoms with E-state index in [9.17, 15) is 9.18 Å². The van der Waals surface area contributed by atoms with E-state index in [0.717, 1.165) is 68.9 Å². The first-order valence-electron chi connectivity index (χ1n) is 14.1. The van der Waals surface area contributed by atoms with E-state index in [2.05, 4.69) is 25.7 Å². The SMILES string of the molecule is CC(C)COc1ccc(CC(=O)N(Cc2ccc(F)cc2)C2CCN(C(C)CC3OCCCO3)CC2)cc1. The van der Waals surface area contributed by atoms with Crippen LogP contribution in [0.15, 0.2) is 48.5 Å². The molecule has 2 aromatic carbocycles. The molecule has 0 N–H and O–H groups in total. The van der Waals surface area contributed by atoms with Crippen LogP contribution in [-0.4, -0.2) is 67.0 Å². The van der Waals surface area contributed by atoms with Crippen LogP contribution in [0.3, 0.4) is 0 Å². The third kappa shape index (κ3) is 8.52. The highest BCUT2D eigenvalue weighted by atomic mass is 19.1. The van der Waals surface area contributed by atoms with E-state index in [1.807, 2.05) is 29.2 Å². The number of benzene rings is 2. The Morgan fingerprint density at radius 2 is 1.63 bits per heavy atom. The van der Waals surface area contributed by atoms with Crippen molar-refractivity contribution in [3.05, 3.63) is 65.5 Å². The normalized spacial score (nSPS) is 18.4. The van der Waals surface area contributed by atoms with Gasteiger partial charge in [-0.1, -0.05) is 38.1 Å². The van der Waals surface area contributed by atoms with Gasteiger partial charge in [0, 0.05) is 38.1 Å². The zero-order valence-electron chi connectivity index (χ0n) is 23.1. The molecular formula is C31H43FN2O4. The van der Waals surface area contributed by atoms with Gasteiger partial charge in [0.1, 0.15) is 11.6 Å². The van der Waals surface area contributed by atoms with Crippen LogP contribution in [0.5, 0.6) is 5.75 Å². The highest BCUT2D eigenvalue weighted by molar-refractivity contribution is 5.79. The largest absolute Gasteiger partial charge is 0.493 e. The van der Waals surface area contributed by atoms with Gasteiger partial charge in [0.05, 0.1) is 26.2 Å². The molecule has 2 aromatic rings. The number of carbonyl (C=O) groups excluding carboxylic acids is 1. The summed E-state index contributed by atoms with van der Waals surface area (Å²) in [5, 5.41) is 0. The van der Waals surface area contributed by atoms with Crippen molar-refractivity contribution >= 4 is 5.91 Å². The third-order valence-corrected chi connectivity index (χ3v) is 7.44. The fourth-order valence-electron chi connectivity index (χ4n) is 5.19. The highest BCUT2D eigenvalue weighted by Gasteiger charge is 2.31. The van der Waals surface area contributed by atoms with Gasteiger partial charge in [-0.2, -0.15) is 0 Å². The first-order chi connectivity index (χ1) is 18.4. The lowest BCUT2D eigenvalue weighted by molar-refractivity contribution is -0.187. The number of rotatable bonds is 11. The predicted octanol–water partition coefficient (Wildman–Crippen LogP) is 5.44. The van der Waals surface area contributed by atoms with E-state index in [0.29, 0.717) is 31.5 Å². The van der Waals surface area contributed by atoms with E-state index in [1.54, 1.807) is 12.1 Å². The summed E-state index contributed by atoms with van der Waals surface area (Å²) >= 11 is 0. The van der Waals surface area contributed by atoms with Gasteiger partial charge in [0.2, 0.25) is 5.91 Å². The molecule has 2 heterocycles. The standard InChI is InChI=1S/C31H43FN2O4/c1-23(2)22-38-29-11-7-25(8-12-29)20-30(35)34(21-26-5-9-27(32)10-6-26)28-13-15-33(16-14-28)24(3)19-31-36-17-4-18-37-31/h5-12,23-24,28,31H,4,13-22H2,1-3H3. The summed E-state index contributed by atoms with van der Waals surface area (Å²) in [6.07, 6.45) is 3.86. The first kappa shape index (κ1) is 28.5. The lowest BCUT2D eigenvalue weighted by Crippen LogP contribution is -2.50. The van der Waals surface area contributed by atoms with Crippen molar-refractivity contribution in [3.63, 3.8) is 0 Å². The molecule has 1 unspecified atom stereocenters. The summed E-state index contributed by atoms with van der Waals surface area (Å²) < 4.78 is 30.8. The Balaban J connectivity index is 1.38. The number of hydrogen-bond acceptors (Lipinski definition) is 5. The Kier molecular flexibility index (Phi) is 10.6. The van der Waals surface area contributed by atoms with Gasteiger partial charge in [-0.05, 0) is 67.5 Å². The third-order valence-electron chi connectivity index (χ3n) is 7.44. The van der Waals surface area contributed by atoms with Crippen LogP contribution in [0.25, 0.3) is 0 Å². The van der Waals surface area contributed by atoms with Crippen molar-refractivity contribution in [3.8, 4) is 5.75 Å². The van der Waals surface area contributed by atoms with E-state index in [-0.39, 0.29) is 24.1 Å². The summed E-state index contributed by atoms with van der Waals surface area (Å²) in [4.78, 5) is 18.1. The van der Waals surface area contributed by atoms with Crippen LogP contribution in [0.1, 0.15) is 57.6 Å². The maximum Gasteiger partial charge on any atom is 0.227 e. The van der Waals surface area contributed by atoms with Gasteiger partial charge >= 0.3 is 0 Å². The minimum Gasteiger partial charge on any atom is -0.493 e. The molecular weight excluding hydrogens is 483 g/mol. The van der Waals surface area contributed by atoms with E-state index < -0.39 is 0 Å². The van der Waals surface area contributed by atoms with Gasteiger partial charge in [0.25, 0.3) is 0 Å². The van der Waals surface area contributed by atoms with E-state index in [1.165, 1.54) is 12.1 Å². The Bertz CT molecular complexity index is 984. The van der Waals surface area contributed by atoms with Crippen LogP contribution in [-0.2, 0) is 27.2 Å². The number of halogens is 1. The Morgan fingerprint density at radius 3 is 2.26 bits per heavy atom. The molecule has 0 saturated carbocycles. The molecule has 0 spiro atoms. The number of hydrogen-bond donors (Lipinski definition) is 0. The molecule has 0 radical (unpaired) electrons. The smallest absolute Gasteiger partial charge is 0.227 e. The molecule has 1 amide bonds. The molecule has 2 fully saturated rings. The Labute approximate surface area is 227 Å². The van der Waals surface area contributed by atoms with Crippen LogP contribution < -0.4 is 4.74 Å². The fraction of sp³-hybridized carbons (Fsp3) is 0.581. The number of piperidine rings is 1. The summed E-state index contributed by atoms with van der Waals surface area (Å²) in [6.45, 7) is 11.0. The predicted molar refractivity (Wildman–Crippen MR) is 146 cm³/mol. The maximum absolute atomic E-state index is 13.6. The van der Waals surface area contributed by atoms with Crippen molar-refractivity contribution in [2.75, 3.05) is 32.9 Å². The molecule has 0 aromatic heterocycles. The minimum atomic E-state index is -0.264. The van der Waals surface area contributed by atoms with Gasteiger partial charge in [-0.15, -0.1) is 0 Å². The maximum atomic E-state index is 13.6. The second kappa shape index (κ2) is 14.1. The monoisotopic (exact) mass is 526 g/mol. The van der Waals surface area contributed by atoms with Crippen LogP contribution >= 0.6 is 0 Å². The minimum absolute atomic E-state index is 0.0978. The van der Waals surface area contributed by atoms with Crippen molar-refractivity contribution in [2.45, 2.75) is 77.8 Å². The summed E-state index contributed by atoms with van der Waals surface area (Å²) in [7, 11) is 0. The molecule has 4 rings (SSSR count). The van der Waals surface area contributed by atoms with E-state index in [4.69, 9.17) is 14.2 Å². The summed E-state index contributed by atoms with van der Waals surface area (Å²) in [5.41, 5.74) is 1.91. The van der Waals surface area contributed by atoms with Crippen molar-refractivity contribution in [1.29, 1.82) is 0 Å². The fourth-order valence-corrected chi connectivity index (χ4v) is 5.19. The molecule has 0 aliphatic carbocycles. The molecule has 1 atom stereocenters. The number of nitrogens with zero attached hydrogens (tertiary/aromatic N) is 2. The van der Waals surface area contributed by atoms with Crippen molar-refractivity contribution in [1.82, 2.24) is 9.80 Å². The zero-order valence-corrected chi connectivity index (χ0v) is 23.1.